The molecule has 2 aromatic rings. The lowest BCUT2D eigenvalue weighted by Gasteiger charge is -2.15. The van der Waals surface area contributed by atoms with E-state index in [-0.39, 0.29) is 16.8 Å². The maximum absolute atomic E-state index is 12.4. The minimum Gasteiger partial charge on any atom is -0.346 e. The first-order valence-corrected chi connectivity index (χ1v) is 9.67. The predicted molar refractivity (Wildman–Crippen MR) is 92.4 cm³/mol. The van der Waals surface area contributed by atoms with E-state index in [1.807, 2.05) is 25.1 Å². The fraction of sp³-hybridized carbons (Fsp3) is 0.278. The van der Waals surface area contributed by atoms with Gasteiger partial charge < -0.3 is 10.6 Å². The Morgan fingerprint density at radius 1 is 1.08 bits per heavy atom. The lowest BCUT2D eigenvalue weighted by molar-refractivity contribution is 0.0939. The van der Waals surface area contributed by atoms with Gasteiger partial charge in [0.05, 0.1) is 10.9 Å². The Hall–Kier alpha value is -2.18. The molecule has 0 aliphatic carbocycles. The molecule has 0 aromatic heterocycles. The standard InChI is InChI=1S/C18H20N2O3S/c1-12(13-5-7-17(8-6-13)24(2,22)23)20-18(21)14-3-4-15-10-19-11-16(15)9-14/h3-9,12,19H,10-11H2,1-2H3,(H,20,21). The minimum absolute atomic E-state index is 0.135. The molecule has 0 bridgehead atoms. The van der Waals surface area contributed by atoms with Crippen LogP contribution in [0.15, 0.2) is 47.4 Å². The van der Waals surface area contributed by atoms with Crippen molar-refractivity contribution in [1.82, 2.24) is 10.6 Å². The number of hydrogen-bond acceptors (Lipinski definition) is 4. The van der Waals surface area contributed by atoms with Gasteiger partial charge in [-0.25, -0.2) is 8.42 Å². The van der Waals surface area contributed by atoms with Crippen molar-refractivity contribution in [2.45, 2.75) is 31.0 Å². The van der Waals surface area contributed by atoms with Crippen LogP contribution in [-0.2, 0) is 22.9 Å². The Morgan fingerprint density at radius 2 is 1.75 bits per heavy atom. The Labute approximate surface area is 142 Å². The van der Waals surface area contributed by atoms with Crippen molar-refractivity contribution in [3.05, 3.63) is 64.7 Å². The topological polar surface area (TPSA) is 75.3 Å². The number of sulfone groups is 1. The van der Waals surface area contributed by atoms with Crippen molar-refractivity contribution >= 4 is 15.7 Å². The second-order valence-electron chi connectivity index (χ2n) is 6.12. The van der Waals surface area contributed by atoms with Crippen molar-refractivity contribution in [2.24, 2.45) is 0 Å². The van der Waals surface area contributed by atoms with Gasteiger partial charge in [-0.2, -0.15) is 0 Å². The first-order chi connectivity index (χ1) is 11.3. The molecule has 1 amide bonds. The van der Waals surface area contributed by atoms with Crippen LogP contribution in [0.3, 0.4) is 0 Å². The normalized spacial score (nSPS) is 14.9. The van der Waals surface area contributed by atoms with Crippen molar-refractivity contribution in [3.8, 4) is 0 Å². The highest BCUT2D eigenvalue weighted by atomic mass is 32.2. The van der Waals surface area contributed by atoms with Gasteiger partial charge in [-0.1, -0.05) is 18.2 Å². The molecule has 0 fully saturated rings. The number of nitrogens with one attached hydrogen (secondary N) is 2. The molecule has 1 heterocycles. The summed E-state index contributed by atoms with van der Waals surface area (Å²) in [5.41, 5.74) is 3.89. The first kappa shape index (κ1) is 16.7. The SMILES string of the molecule is CC(NC(=O)c1ccc2c(c1)CNC2)c1ccc(S(C)(=O)=O)cc1. The molecule has 1 unspecified atom stereocenters. The molecule has 0 spiro atoms. The van der Waals surface area contributed by atoms with E-state index in [2.05, 4.69) is 10.6 Å². The molecule has 126 valence electrons. The van der Waals surface area contributed by atoms with Crippen LogP contribution in [0.25, 0.3) is 0 Å². The van der Waals surface area contributed by atoms with Crippen LogP contribution in [0.5, 0.6) is 0 Å². The highest BCUT2D eigenvalue weighted by Gasteiger charge is 2.16. The number of hydrogen-bond donors (Lipinski definition) is 2. The Kier molecular flexibility index (Phi) is 4.43. The van der Waals surface area contributed by atoms with Crippen molar-refractivity contribution in [1.29, 1.82) is 0 Å². The largest absolute Gasteiger partial charge is 0.346 e. The zero-order chi connectivity index (χ0) is 17.3. The molecule has 1 aliphatic heterocycles. The van der Waals surface area contributed by atoms with E-state index in [4.69, 9.17) is 0 Å². The summed E-state index contributed by atoms with van der Waals surface area (Å²) in [6.45, 7) is 3.52. The van der Waals surface area contributed by atoms with Gasteiger partial charge in [0.25, 0.3) is 5.91 Å². The number of carbonyl (C=O) groups is 1. The smallest absolute Gasteiger partial charge is 0.251 e. The monoisotopic (exact) mass is 344 g/mol. The highest BCUT2D eigenvalue weighted by molar-refractivity contribution is 7.90. The van der Waals surface area contributed by atoms with E-state index in [0.29, 0.717) is 5.56 Å². The van der Waals surface area contributed by atoms with Gasteiger partial charge in [0.15, 0.2) is 9.84 Å². The minimum atomic E-state index is -3.21. The molecular formula is C18H20N2O3S. The summed E-state index contributed by atoms with van der Waals surface area (Å²) in [5, 5.41) is 6.21. The second-order valence-corrected chi connectivity index (χ2v) is 8.14. The van der Waals surface area contributed by atoms with Crippen LogP contribution >= 0.6 is 0 Å². The van der Waals surface area contributed by atoms with E-state index in [9.17, 15) is 13.2 Å². The average molecular weight is 344 g/mol. The summed E-state index contributed by atoms with van der Waals surface area (Å²) in [6.07, 6.45) is 1.18. The van der Waals surface area contributed by atoms with Gasteiger partial charge in [0.1, 0.15) is 0 Å². The third kappa shape index (κ3) is 3.49. The fourth-order valence-corrected chi connectivity index (χ4v) is 3.43. The number of benzene rings is 2. The molecule has 0 saturated heterocycles. The Bertz CT molecular complexity index is 874. The molecule has 0 saturated carbocycles. The van der Waals surface area contributed by atoms with E-state index < -0.39 is 9.84 Å². The van der Waals surface area contributed by atoms with Crippen LogP contribution in [0.2, 0.25) is 0 Å². The van der Waals surface area contributed by atoms with Crippen LogP contribution in [0, 0.1) is 0 Å². The number of carbonyl (C=O) groups excluding carboxylic acids is 1. The van der Waals surface area contributed by atoms with Crippen molar-refractivity contribution in [3.63, 3.8) is 0 Å². The average Bonchev–Trinajstić information content (AvgIpc) is 3.01. The summed E-state index contributed by atoms with van der Waals surface area (Å²) in [7, 11) is -3.21. The molecule has 1 aliphatic rings. The van der Waals surface area contributed by atoms with Crippen LogP contribution in [0.1, 0.15) is 40.0 Å². The van der Waals surface area contributed by atoms with Crippen LogP contribution in [-0.4, -0.2) is 20.6 Å². The first-order valence-electron chi connectivity index (χ1n) is 7.78. The lowest BCUT2D eigenvalue weighted by Crippen LogP contribution is -2.26. The number of rotatable bonds is 4. The highest BCUT2D eigenvalue weighted by Crippen LogP contribution is 2.19. The Morgan fingerprint density at radius 3 is 2.42 bits per heavy atom. The maximum Gasteiger partial charge on any atom is 0.251 e. The zero-order valence-corrected chi connectivity index (χ0v) is 14.5. The maximum atomic E-state index is 12.4. The molecule has 5 nitrogen and oxygen atoms in total. The molecule has 2 aromatic carbocycles. The third-order valence-corrected chi connectivity index (χ3v) is 5.38. The summed E-state index contributed by atoms with van der Waals surface area (Å²) < 4.78 is 23.0. The van der Waals surface area contributed by atoms with E-state index in [0.717, 1.165) is 24.2 Å². The van der Waals surface area contributed by atoms with Crippen molar-refractivity contribution in [2.75, 3.05) is 6.26 Å². The van der Waals surface area contributed by atoms with Gasteiger partial charge in [0, 0.05) is 24.9 Å². The molecule has 0 radical (unpaired) electrons. The third-order valence-electron chi connectivity index (χ3n) is 4.26. The number of fused-ring (bicyclic) bond motifs is 1. The summed E-state index contributed by atoms with van der Waals surface area (Å²) in [6, 6.07) is 12.1. The van der Waals surface area contributed by atoms with Gasteiger partial charge in [-0.3, -0.25) is 4.79 Å². The molecule has 3 rings (SSSR count). The van der Waals surface area contributed by atoms with E-state index in [1.165, 1.54) is 11.8 Å². The molecule has 1 atom stereocenters. The van der Waals surface area contributed by atoms with E-state index >= 15 is 0 Å². The van der Waals surface area contributed by atoms with Crippen LogP contribution < -0.4 is 10.6 Å². The van der Waals surface area contributed by atoms with Crippen LogP contribution in [0.4, 0.5) is 0 Å². The van der Waals surface area contributed by atoms with Gasteiger partial charge in [-0.15, -0.1) is 0 Å². The van der Waals surface area contributed by atoms with E-state index in [1.54, 1.807) is 24.3 Å². The predicted octanol–water partition coefficient (Wildman–Crippen LogP) is 2.18. The molecule has 6 heteroatoms. The summed E-state index contributed by atoms with van der Waals surface area (Å²) >= 11 is 0. The zero-order valence-electron chi connectivity index (χ0n) is 13.7. The molecular weight excluding hydrogens is 324 g/mol. The fourth-order valence-electron chi connectivity index (χ4n) is 2.80. The molecule has 24 heavy (non-hydrogen) atoms. The Balaban J connectivity index is 1.72. The van der Waals surface area contributed by atoms with Gasteiger partial charge in [0.2, 0.25) is 0 Å². The lowest BCUT2D eigenvalue weighted by atomic mass is 10.0. The van der Waals surface area contributed by atoms with Gasteiger partial charge in [-0.05, 0) is 47.9 Å². The second kappa shape index (κ2) is 6.37. The summed E-state index contributed by atoms with van der Waals surface area (Å²) in [4.78, 5) is 12.7. The van der Waals surface area contributed by atoms with Gasteiger partial charge >= 0.3 is 0 Å². The number of amides is 1. The summed E-state index contributed by atoms with van der Waals surface area (Å²) in [5.74, 6) is -0.135. The molecule has 2 N–H and O–H groups in total. The quantitative estimate of drug-likeness (QED) is 0.891. The van der Waals surface area contributed by atoms with Crippen molar-refractivity contribution < 1.29 is 13.2 Å².